The van der Waals surface area contributed by atoms with Gasteiger partial charge in [0, 0.05) is 33.2 Å². The molecule has 0 aliphatic carbocycles. The maximum absolute atomic E-state index is 13.8. The molecule has 0 amide bonds. The van der Waals surface area contributed by atoms with Gasteiger partial charge in [0.25, 0.3) is 0 Å². The Hall–Kier alpha value is -3.19. The Morgan fingerprint density at radius 1 is 1.15 bits per heavy atom. The van der Waals surface area contributed by atoms with Crippen molar-refractivity contribution in [3.63, 3.8) is 0 Å². The van der Waals surface area contributed by atoms with Crippen molar-refractivity contribution in [3.8, 4) is 5.75 Å². The molecule has 0 aliphatic heterocycles. The maximum Gasteiger partial charge on any atom is 0.348 e. The molecule has 0 fully saturated rings. The minimum atomic E-state index is -0.613. The number of esters is 1. The fourth-order valence-corrected chi connectivity index (χ4v) is 3.65. The number of fused-ring (bicyclic) bond motifs is 2. The third-order valence-electron chi connectivity index (χ3n) is 3.88. The Morgan fingerprint density at radius 2 is 2.00 bits per heavy atom. The monoisotopic (exact) mass is 370 g/mol. The zero-order valence-electron chi connectivity index (χ0n) is 13.2. The number of carbonyl (C=O) groups is 1. The number of hydrogen-bond acceptors (Lipinski definition) is 6. The maximum atomic E-state index is 13.8. The van der Waals surface area contributed by atoms with Gasteiger partial charge in [0.05, 0.1) is 0 Å². The second-order valence-electron chi connectivity index (χ2n) is 5.61. The lowest BCUT2D eigenvalue weighted by atomic mass is 10.1. The molecule has 0 atom stereocenters. The molecule has 2 aromatic carbocycles. The number of thiophene rings is 1. The third-order valence-corrected chi connectivity index (χ3v) is 4.96. The highest BCUT2D eigenvalue weighted by atomic mass is 32.1. The molecule has 0 spiro atoms. The lowest BCUT2D eigenvalue weighted by molar-refractivity contribution is 0.0479. The van der Waals surface area contributed by atoms with Crippen LogP contribution in [0.3, 0.4) is 0 Å². The van der Waals surface area contributed by atoms with Gasteiger partial charge in [0.2, 0.25) is 0 Å². The number of phenolic OH excluding ortho intramolecular Hbond substituents is 1. The quantitative estimate of drug-likeness (QED) is 0.432. The van der Waals surface area contributed by atoms with Crippen molar-refractivity contribution < 1.29 is 23.4 Å². The van der Waals surface area contributed by atoms with Gasteiger partial charge in [-0.25, -0.2) is 14.0 Å². The van der Waals surface area contributed by atoms with E-state index in [4.69, 9.17) is 9.15 Å². The minimum absolute atomic E-state index is 0.0397. The first-order chi connectivity index (χ1) is 12.5. The molecule has 4 aromatic rings. The number of ether oxygens (including phenoxy) is 1. The van der Waals surface area contributed by atoms with Gasteiger partial charge in [0.15, 0.2) is 0 Å². The normalized spacial score (nSPS) is 11.1. The average Bonchev–Trinajstić information content (AvgIpc) is 3.04. The number of rotatable bonds is 3. The van der Waals surface area contributed by atoms with Crippen LogP contribution in [-0.4, -0.2) is 11.1 Å². The van der Waals surface area contributed by atoms with Gasteiger partial charge in [0.1, 0.15) is 28.6 Å². The fraction of sp³-hybridized carbons (Fsp3) is 0.0526. The summed E-state index contributed by atoms with van der Waals surface area (Å²) in [6.07, 6.45) is 0. The van der Waals surface area contributed by atoms with E-state index in [1.54, 1.807) is 18.2 Å². The van der Waals surface area contributed by atoms with E-state index < -0.39 is 17.4 Å². The van der Waals surface area contributed by atoms with Gasteiger partial charge < -0.3 is 14.3 Å². The first-order valence-corrected chi connectivity index (χ1v) is 8.44. The third kappa shape index (κ3) is 2.93. The lowest BCUT2D eigenvalue weighted by Crippen LogP contribution is -2.06. The highest BCUT2D eigenvalue weighted by Gasteiger charge is 2.15. The second kappa shape index (κ2) is 6.27. The minimum Gasteiger partial charge on any atom is -0.508 e. The summed E-state index contributed by atoms with van der Waals surface area (Å²) >= 11 is 1.14. The van der Waals surface area contributed by atoms with Crippen LogP contribution in [0.15, 0.2) is 57.7 Å². The van der Waals surface area contributed by atoms with Gasteiger partial charge in [-0.15, -0.1) is 11.3 Å². The van der Waals surface area contributed by atoms with Crippen molar-refractivity contribution in [1.29, 1.82) is 0 Å². The molecule has 0 unspecified atom stereocenters. The zero-order chi connectivity index (χ0) is 18.3. The molecule has 1 N–H and O–H groups in total. The smallest absolute Gasteiger partial charge is 0.348 e. The Kier molecular flexibility index (Phi) is 3.93. The van der Waals surface area contributed by atoms with E-state index in [0.717, 1.165) is 11.3 Å². The SMILES string of the molecule is O=C(OCc1cc(=O)oc2cc(O)ccc12)c1cc2c(F)cccc2s1. The molecule has 26 heavy (non-hydrogen) atoms. The summed E-state index contributed by atoms with van der Waals surface area (Å²) < 4.78 is 24.7. The molecule has 5 nitrogen and oxygen atoms in total. The summed E-state index contributed by atoms with van der Waals surface area (Å²) in [6, 6.07) is 11.7. The molecule has 0 radical (unpaired) electrons. The van der Waals surface area contributed by atoms with Crippen molar-refractivity contribution in [2.45, 2.75) is 6.61 Å². The van der Waals surface area contributed by atoms with Crippen LogP contribution in [0.25, 0.3) is 21.1 Å². The predicted molar refractivity (Wildman–Crippen MR) is 95.1 cm³/mol. The number of carbonyl (C=O) groups excluding carboxylic acids is 1. The second-order valence-corrected chi connectivity index (χ2v) is 6.69. The molecule has 0 saturated carbocycles. The largest absolute Gasteiger partial charge is 0.508 e. The molecule has 4 rings (SSSR count). The molecule has 2 aromatic heterocycles. The van der Waals surface area contributed by atoms with E-state index >= 15 is 0 Å². The molecule has 130 valence electrons. The number of benzene rings is 2. The summed E-state index contributed by atoms with van der Waals surface area (Å²) in [5.74, 6) is -1.04. The average molecular weight is 370 g/mol. The summed E-state index contributed by atoms with van der Waals surface area (Å²) in [5, 5.41) is 10.4. The van der Waals surface area contributed by atoms with E-state index in [0.29, 0.717) is 21.0 Å². The first-order valence-electron chi connectivity index (χ1n) is 7.62. The molecule has 0 saturated heterocycles. The molecule has 0 aliphatic rings. The summed E-state index contributed by atoms with van der Waals surface area (Å²) in [6.45, 7) is -0.150. The van der Waals surface area contributed by atoms with Gasteiger partial charge in [-0.1, -0.05) is 6.07 Å². The summed E-state index contributed by atoms with van der Waals surface area (Å²) in [4.78, 5) is 24.2. The van der Waals surface area contributed by atoms with Gasteiger partial charge in [-0.3, -0.25) is 0 Å². The van der Waals surface area contributed by atoms with Gasteiger partial charge in [-0.2, -0.15) is 0 Å². The van der Waals surface area contributed by atoms with Crippen LogP contribution in [0, 0.1) is 5.82 Å². The van der Waals surface area contributed by atoms with Gasteiger partial charge >= 0.3 is 11.6 Å². The van der Waals surface area contributed by atoms with Crippen LogP contribution in [0.2, 0.25) is 0 Å². The Morgan fingerprint density at radius 3 is 2.81 bits per heavy atom. The van der Waals surface area contributed by atoms with Crippen molar-refractivity contribution in [1.82, 2.24) is 0 Å². The van der Waals surface area contributed by atoms with E-state index in [1.807, 2.05) is 0 Å². The van der Waals surface area contributed by atoms with Crippen LogP contribution in [0.4, 0.5) is 4.39 Å². The Balaban J connectivity index is 1.62. The molecule has 0 bridgehead atoms. The molecular formula is C19H11FO5S. The van der Waals surface area contributed by atoms with Crippen LogP contribution in [0.5, 0.6) is 5.75 Å². The zero-order valence-corrected chi connectivity index (χ0v) is 14.0. The Bertz CT molecular complexity index is 1210. The van der Waals surface area contributed by atoms with Crippen molar-refractivity contribution in [2.75, 3.05) is 0 Å². The van der Waals surface area contributed by atoms with E-state index in [-0.39, 0.29) is 22.8 Å². The number of hydrogen-bond donors (Lipinski definition) is 1. The highest BCUT2D eigenvalue weighted by Crippen LogP contribution is 2.28. The van der Waals surface area contributed by atoms with Crippen molar-refractivity contribution >= 4 is 38.4 Å². The molecule has 2 heterocycles. The number of phenols is 1. The van der Waals surface area contributed by atoms with Crippen LogP contribution >= 0.6 is 11.3 Å². The molecule has 7 heteroatoms. The first kappa shape index (κ1) is 16.3. The fourth-order valence-electron chi connectivity index (χ4n) is 2.68. The Labute approximate surface area is 149 Å². The summed E-state index contributed by atoms with van der Waals surface area (Å²) in [7, 11) is 0. The molecular weight excluding hydrogens is 359 g/mol. The van der Waals surface area contributed by atoms with Crippen LogP contribution < -0.4 is 5.63 Å². The van der Waals surface area contributed by atoms with E-state index in [9.17, 15) is 19.1 Å². The number of halogens is 1. The number of aromatic hydroxyl groups is 1. The van der Waals surface area contributed by atoms with Crippen LogP contribution in [-0.2, 0) is 11.3 Å². The topological polar surface area (TPSA) is 76.7 Å². The highest BCUT2D eigenvalue weighted by molar-refractivity contribution is 7.20. The lowest BCUT2D eigenvalue weighted by Gasteiger charge is -2.06. The van der Waals surface area contributed by atoms with E-state index in [1.165, 1.54) is 30.3 Å². The standard InChI is InChI=1S/C19H11FO5S/c20-14-2-1-3-16-13(14)8-17(26-16)19(23)24-9-10-6-18(22)25-15-7-11(21)4-5-12(10)15/h1-8,21H,9H2. The van der Waals surface area contributed by atoms with Crippen molar-refractivity contribution in [2.24, 2.45) is 0 Å². The van der Waals surface area contributed by atoms with Crippen LogP contribution in [0.1, 0.15) is 15.2 Å². The predicted octanol–water partition coefficient (Wildman–Crippen LogP) is 4.21. The summed E-state index contributed by atoms with van der Waals surface area (Å²) in [5.41, 5.74) is 0.0439. The van der Waals surface area contributed by atoms with Gasteiger partial charge in [-0.05, 0) is 30.3 Å². The van der Waals surface area contributed by atoms with Crippen molar-refractivity contribution in [3.05, 3.63) is 75.2 Å². The van der Waals surface area contributed by atoms with E-state index in [2.05, 4.69) is 0 Å².